The van der Waals surface area contributed by atoms with Crippen molar-refractivity contribution >= 4 is 29.3 Å². The minimum absolute atomic E-state index is 0.127. The van der Waals surface area contributed by atoms with Crippen LogP contribution in [-0.2, 0) is 4.79 Å². The van der Waals surface area contributed by atoms with Crippen molar-refractivity contribution in [3.05, 3.63) is 0 Å². The summed E-state index contributed by atoms with van der Waals surface area (Å²) in [4.78, 5) is 10.9. The lowest BCUT2D eigenvalue weighted by Crippen LogP contribution is -1.93. The number of carbonyl (C=O) groups excluding carboxylic acids is 1. The molecule has 1 rings (SSSR count). The second-order valence-corrected chi connectivity index (χ2v) is 3.86. The highest BCUT2D eigenvalue weighted by molar-refractivity contribution is 8.17. The molecule has 0 spiro atoms. The minimum Gasteiger partial charge on any atom is -0.299 e. The minimum atomic E-state index is -1.62. The molecule has 0 aromatic rings. The smallest absolute Gasteiger partial charge is 0.144 e. The van der Waals surface area contributed by atoms with Crippen LogP contribution in [0.25, 0.3) is 0 Å². The molecule has 0 bridgehead atoms. The monoisotopic (exact) mass is 150 g/mol. The number of carbonyl (C=O) groups is 1. The van der Waals surface area contributed by atoms with Gasteiger partial charge in [0.15, 0.2) is 0 Å². The van der Waals surface area contributed by atoms with Crippen LogP contribution in [0.15, 0.2) is 0 Å². The maximum absolute atomic E-state index is 10.9. The van der Waals surface area contributed by atoms with Crippen LogP contribution in [0.4, 0.5) is 0 Å². The molecule has 1 aliphatic rings. The SMILES string of the molecule is [2H]C1([2H])SC(SC)CC1=O. The molecule has 0 amide bonds. The second kappa shape index (κ2) is 2.78. The molecule has 1 fully saturated rings. The number of hydrogen-bond acceptors (Lipinski definition) is 3. The highest BCUT2D eigenvalue weighted by atomic mass is 32.2. The van der Waals surface area contributed by atoms with E-state index >= 15 is 0 Å². The molecule has 1 aliphatic heterocycles. The van der Waals surface area contributed by atoms with Gasteiger partial charge < -0.3 is 0 Å². The third-order valence-electron chi connectivity index (χ3n) is 0.919. The average Bonchev–Trinajstić information content (AvgIpc) is 2.08. The van der Waals surface area contributed by atoms with Gasteiger partial charge in [0.1, 0.15) is 5.78 Å². The summed E-state index contributed by atoms with van der Waals surface area (Å²) in [5.41, 5.74) is -1.62. The summed E-state index contributed by atoms with van der Waals surface area (Å²) in [7, 11) is 0. The summed E-state index contributed by atoms with van der Waals surface area (Å²) in [6.45, 7) is 0. The average molecular weight is 150 g/mol. The maximum atomic E-state index is 10.9. The number of rotatable bonds is 1. The van der Waals surface area contributed by atoms with Crippen molar-refractivity contribution in [2.45, 2.75) is 11.0 Å². The van der Waals surface area contributed by atoms with Crippen molar-refractivity contribution in [1.29, 1.82) is 0 Å². The third kappa shape index (κ3) is 1.42. The van der Waals surface area contributed by atoms with Crippen LogP contribution < -0.4 is 0 Å². The molecule has 1 nitrogen and oxygen atoms in total. The van der Waals surface area contributed by atoms with Crippen LogP contribution in [0.1, 0.15) is 9.16 Å². The van der Waals surface area contributed by atoms with Crippen LogP contribution in [0, 0.1) is 0 Å². The van der Waals surface area contributed by atoms with Crippen molar-refractivity contribution in [1.82, 2.24) is 0 Å². The Labute approximate surface area is 60.4 Å². The van der Waals surface area contributed by atoms with Crippen LogP contribution in [0.5, 0.6) is 0 Å². The predicted octanol–water partition coefficient (Wildman–Crippen LogP) is 1.38. The van der Waals surface area contributed by atoms with E-state index in [0.717, 1.165) is 11.8 Å². The van der Waals surface area contributed by atoms with E-state index in [9.17, 15) is 4.79 Å². The van der Waals surface area contributed by atoms with E-state index in [1.807, 2.05) is 6.26 Å². The first kappa shape index (κ1) is 4.23. The van der Waals surface area contributed by atoms with E-state index < -0.39 is 5.70 Å². The third-order valence-corrected chi connectivity index (χ3v) is 3.25. The first-order valence-corrected chi connectivity index (χ1v) is 4.47. The van der Waals surface area contributed by atoms with Crippen molar-refractivity contribution in [2.75, 3.05) is 12.0 Å². The van der Waals surface area contributed by atoms with Crippen molar-refractivity contribution in [2.24, 2.45) is 0 Å². The molecule has 0 aliphatic carbocycles. The lowest BCUT2D eigenvalue weighted by molar-refractivity contribution is -0.115. The first-order valence-electron chi connectivity index (χ1n) is 3.30. The highest BCUT2D eigenvalue weighted by Gasteiger charge is 2.20. The Morgan fingerprint density at radius 3 is 3.12 bits per heavy atom. The molecular weight excluding hydrogens is 140 g/mol. The molecule has 0 N–H and O–H groups in total. The summed E-state index contributed by atoms with van der Waals surface area (Å²) >= 11 is 2.66. The second-order valence-electron chi connectivity index (χ2n) is 1.51. The molecule has 1 atom stereocenters. The van der Waals surface area contributed by atoms with E-state index in [1.165, 1.54) is 0 Å². The Morgan fingerprint density at radius 2 is 2.88 bits per heavy atom. The van der Waals surface area contributed by atoms with Gasteiger partial charge in [-0.3, -0.25) is 4.79 Å². The van der Waals surface area contributed by atoms with Gasteiger partial charge in [0.25, 0.3) is 0 Å². The zero-order valence-electron chi connectivity index (χ0n) is 6.51. The Bertz CT molecular complexity index is 160. The van der Waals surface area contributed by atoms with Crippen molar-refractivity contribution in [3.63, 3.8) is 0 Å². The Morgan fingerprint density at radius 1 is 2.12 bits per heavy atom. The fourth-order valence-electron chi connectivity index (χ4n) is 0.498. The first-order chi connectivity index (χ1) is 4.56. The molecule has 1 unspecified atom stereocenters. The molecule has 46 valence electrons. The fourth-order valence-corrected chi connectivity index (χ4v) is 1.93. The molecule has 0 aromatic heterocycles. The Kier molecular flexibility index (Phi) is 1.47. The molecule has 1 saturated heterocycles. The van der Waals surface area contributed by atoms with Gasteiger partial charge in [0.05, 0.1) is 10.3 Å². The fraction of sp³-hybridized carbons (Fsp3) is 0.800. The lowest BCUT2D eigenvalue weighted by atomic mass is 10.4. The van der Waals surface area contributed by atoms with Gasteiger partial charge in [-0.2, -0.15) is 11.8 Å². The summed E-state index contributed by atoms with van der Waals surface area (Å²) in [6, 6.07) is 0. The topological polar surface area (TPSA) is 17.1 Å². The van der Waals surface area contributed by atoms with E-state index in [0.29, 0.717) is 6.42 Å². The summed E-state index contributed by atoms with van der Waals surface area (Å²) in [5, 5.41) is 0. The summed E-state index contributed by atoms with van der Waals surface area (Å²) < 4.78 is 14.5. The Hall–Kier alpha value is 0.370. The summed E-state index contributed by atoms with van der Waals surface area (Å²) in [5.74, 6) is -0.267. The molecule has 0 radical (unpaired) electrons. The molecule has 1 heterocycles. The van der Waals surface area contributed by atoms with Gasteiger partial charge in [-0.05, 0) is 6.26 Å². The molecule has 3 heteroatoms. The molecule has 8 heavy (non-hydrogen) atoms. The zero-order valence-corrected chi connectivity index (χ0v) is 6.14. The van der Waals surface area contributed by atoms with Crippen molar-refractivity contribution in [3.8, 4) is 0 Å². The van der Waals surface area contributed by atoms with Gasteiger partial charge in [0, 0.05) is 9.16 Å². The van der Waals surface area contributed by atoms with Crippen LogP contribution >= 0.6 is 23.5 Å². The van der Waals surface area contributed by atoms with Crippen LogP contribution in [0.3, 0.4) is 0 Å². The predicted molar refractivity (Wildman–Crippen MR) is 39.4 cm³/mol. The molecule has 0 aromatic carbocycles. The standard InChI is InChI=1S/C5H8OS2/c1-7-5-2-4(6)3-8-5/h5H,2-3H2,1H3/i3D2. The van der Waals surface area contributed by atoms with Crippen molar-refractivity contribution < 1.29 is 7.54 Å². The Balaban J connectivity index is 2.62. The number of thioether (sulfide) groups is 2. The number of Topliss-reactive ketones (excluding diaryl/α,β-unsaturated/α-hetero) is 1. The van der Waals surface area contributed by atoms with Gasteiger partial charge in [-0.15, -0.1) is 11.8 Å². The van der Waals surface area contributed by atoms with Gasteiger partial charge in [-0.25, -0.2) is 0 Å². The number of hydrogen-bond donors (Lipinski definition) is 0. The van der Waals surface area contributed by atoms with Crippen LogP contribution in [0.2, 0.25) is 0 Å². The lowest BCUT2D eigenvalue weighted by Gasteiger charge is -1.97. The largest absolute Gasteiger partial charge is 0.299 e. The van der Waals surface area contributed by atoms with Crippen LogP contribution in [-0.4, -0.2) is 22.3 Å². The number of ketones is 1. The highest BCUT2D eigenvalue weighted by Crippen LogP contribution is 2.30. The maximum Gasteiger partial charge on any atom is 0.144 e. The van der Waals surface area contributed by atoms with Gasteiger partial charge in [0.2, 0.25) is 0 Å². The van der Waals surface area contributed by atoms with E-state index in [-0.39, 0.29) is 10.4 Å². The van der Waals surface area contributed by atoms with E-state index in [1.54, 1.807) is 11.8 Å². The van der Waals surface area contributed by atoms with Gasteiger partial charge in [-0.1, -0.05) is 0 Å². The zero-order chi connectivity index (χ0) is 7.78. The summed E-state index contributed by atoms with van der Waals surface area (Å²) in [6.07, 6.45) is 2.27. The quantitative estimate of drug-likeness (QED) is 0.562. The normalized spacial score (nSPS) is 39.1. The molecular formula is C5H8OS2. The molecule has 0 saturated carbocycles. The van der Waals surface area contributed by atoms with E-state index in [4.69, 9.17) is 2.74 Å². The van der Waals surface area contributed by atoms with E-state index in [2.05, 4.69) is 0 Å². The van der Waals surface area contributed by atoms with Gasteiger partial charge >= 0.3 is 0 Å².